The van der Waals surface area contributed by atoms with Gasteiger partial charge in [0, 0.05) is 22.5 Å². The molecule has 3 aromatic carbocycles. The average Bonchev–Trinajstić information content (AvgIpc) is 3.07. The van der Waals surface area contributed by atoms with Gasteiger partial charge in [-0.15, -0.1) is 0 Å². The molecule has 0 aliphatic carbocycles. The minimum Gasteiger partial charge on any atom is -0.495 e. The highest BCUT2D eigenvalue weighted by atomic mass is 16.5. The van der Waals surface area contributed by atoms with Crippen molar-refractivity contribution in [2.45, 2.75) is 33.7 Å². The van der Waals surface area contributed by atoms with E-state index in [1.807, 2.05) is 57.2 Å². The van der Waals surface area contributed by atoms with Crippen molar-refractivity contribution in [1.29, 1.82) is 0 Å². The topological polar surface area (TPSA) is 63.5 Å². The van der Waals surface area contributed by atoms with Gasteiger partial charge in [-0.1, -0.05) is 35.9 Å². The molecule has 1 amide bonds. The number of ether oxygens (including phenoxy) is 1. The van der Waals surface area contributed by atoms with E-state index < -0.39 is 6.04 Å². The molecular weight excluding hydrogens is 376 g/mol. The molecule has 5 nitrogen and oxygen atoms in total. The molecular formula is C25H26N2O3. The molecule has 0 bridgehead atoms. The van der Waals surface area contributed by atoms with Gasteiger partial charge in [-0.25, -0.2) is 0 Å². The van der Waals surface area contributed by atoms with Crippen molar-refractivity contribution >= 4 is 39.2 Å². The normalized spacial score (nSPS) is 12.2. The van der Waals surface area contributed by atoms with E-state index in [4.69, 9.17) is 9.15 Å². The summed E-state index contributed by atoms with van der Waals surface area (Å²) < 4.78 is 11.6. The SMILES string of the molecule is COc1cc2c(cc1N[C@@H](C)C(=O)Nc1c(C)cc(C)cc1C)oc1ccccc12. The van der Waals surface area contributed by atoms with Gasteiger partial charge < -0.3 is 19.8 Å². The number of rotatable bonds is 5. The minimum atomic E-state index is -0.471. The van der Waals surface area contributed by atoms with Crippen LogP contribution < -0.4 is 15.4 Å². The first kappa shape index (κ1) is 19.8. The average molecular weight is 402 g/mol. The molecule has 0 unspecified atom stereocenters. The van der Waals surface area contributed by atoms with Crippen molar-refractivity contribution < 1.29 is 13.9 Å². The van der Waals surface area contributed by atoms with Crippen LogP contribution in [0.25, 0.3) is 21.9 Å². The Morgan fingerprint density at radius 1 is 0.967 bits per heavy atom. The summed E-state index contributed by atoms with van der Waals surface area (Å²) in [6.07, 6.45) is 0. The van der Waals surface area contributed by atoms with Crippen molar-refractivity contribution in [2.75, 3.05) is 17.7 Å². The van der Waals surface area contributed by atoms with Gasteiger partial charge in [0.1, 0.15) is 23.0 Å². The van der Waals surface area contributed by atoms with E-state index in [9.17, 15) is 4.79 Å². The van der Waals surface area contributed by atoms with Crippen LogP contribution in [0.4, 0.5) is 11.4 Å². The van der Waals surface area contributed by atoms with E-state index in [-0.39, 0.29) is 5.91 Å². The zero-order chi connectivity index (χ0) is 21.4. The van der Waals surface area contributed by atoms with Crippen LogP contribution in [-0.4, -0.2) is 19.1 Å². The quantitative estimate of drug-likeness (QED) is 0.432. The highest BCUT2D eigenvalue weighted by Gasteiger charge is 2.19. The van der Waals surface area contributed by atoms with E-state index in [1.165, 1.54) is 5.56 Å². The summed E-state index contributed by atoms with van der Waals surface area (Å²) in [5.41, 5.74) is 6.42. The molecule has 0 radical (unpaired) electrons. The molecule has 0 fully saturated rings. The summed E-state index contributed by atoms with van der Waals surface area (Å²) >= 11 is 0. The van der Waals surface area contributed by atoms with Crippen molar-refractivity contribution in [3.63, 3.8) is 0 Å². The lowest BCUT2D eigenvalue weighted by Gasteiger charge is -2.19. The number of benzene rings is 3. The Kier molecular flexibility index (Phi) is 5.12. The lowest BCUT2D eigenvalue weighted by atomic mass is 10.0. The molecule has 5 heteroatoms. The summed E-state index contributed by atoms with van der Waals surface area (Å²) in [6.45, 7) is 7.89. The summed E-state index contributed by atoms with van der Waals surface area (Å²) in [5.74, 6) is 0.549. The Balaban J connectivity index is 1.61. The van der Waals surface area contributed by atoms with E-state index in [0.29, 0.717) is 11.4 Å². The molecule has 0 saturated heterocycles. The summed E-state index contributed by atoms with van der Waals surface area (Å²) in [4.78, 5) is 12.9. The van der Waals surface area contributed by atoms with Crippen LogP contribution in [-0.2, 0) is 4.79 Å². The zero-order valence-electron chi connectivity index (χ0n) is 17.9. The number of aryl methyl sites for hydroxylation is 3. The zero-order valence-corrected chi connectivity index (χ0v) is 17.9. The van der Waals surface area contributed by atoms with Crippen LogP contribution in [0.15, 0.2) is 52.9 Å². The Labute approximate surface area is 176 Å². The number of para-hydroxylation sites is 1. The Hall–Kier alpha value is -3.47. The maximum absolute atomic E-state index is 12.9. The van der Waals surface area contributed by atoms with E-state index in [2.05, 4.69) is 29.7 Å². The first-order chi connectivity index (χ1) is 14.4. The van der Waals surface area contributed by atoms with Crippen LogP contribution in [0.2, 0.25) is 0 Å². The highest BCUT2D eigenvalue weighted by molar-refractivity contribution is 6.07. The summed E-state index contributed by atoms with van der Waals surface area (Å²) in [6, 6.07) is 15.4. The monoisotopic (exact) mass is 402 g/mol. The minimum absolute atomic E-state index is 0.114. The van der Waals surface area contributed by atoms with Gasteiger partial charge >= 0.3 is 0 Å². The second-order valence-corrected chi connectivity index (χ2v) is 7.78. The first-order valence-electron chi connectivity index (χ1n) is 10.0. The predicted molar refractivity (Wildman–Crippen MR) is 123 cm³/mol. The number of carbonyl (C=O) groups excluding carboxylic acids is 1. The van der Waals surface area contributed by atoms with Gasteiger partial charge in [0.25, 0.3) is 0 Å². The largest absolute Gasteiger partial charge is 0.495 e. The lowest BCUT2D eigenvalue weighted by molar-refractivity contribution is -0.116. The number of carbonyl (C=O) groups is 1. The lowest BCUT2D eigenvalue weighted by Crippen LogP contribution is -2.32. The standard InChI is InChI=1S/C25H26N2O3/c1-14-10-15(2)24(16(3)11-14)27-25(28)17(4)26-20-13-22-19(12-23(20)29-5)18-8-6-7-9-21(18)30-22/h6-13,17,26H,1-5H3,(H,27,28)/t17-/m0/s1. The van der Waals surface area contributed by atoms with E-state index in [1.54, 1.807) is 7.11 Å². The third-order valence-corrected chi connectivity index (χ3v) is 5.39. The van der Waals surface area contributed by atoms with Crippen LogP contribution in [0.5, 0.6) is 5.75 Å². The van der Waals surface area contributed by atoms with E-state index >= 15 is 0 Å². The second-order valence-electron chi connectivity index (χ2n) is 7.78. The molecule has 0 spiro atoms. The molecule has 1 heterocycles. The number of anilines is 2. The van der Waals surface area contributed by atoms with Crippen molar-refractivity contribution in [3.05, 3.63) is 65.2 Å². The highest BCUT2D eigenvalue weighted by Crippen LogP contribution is 2.36. The van der Waals surface area contributed by atoms with Crippen molar-refractivity contribution in [3.8, 4) is 5.75 Å². The fourth-order valence-corrected chi connectivity index (χ4v) is 3.94. The molecule has 30 heavy (non-hydrogen) atoms. The van der Waals surface area contributed by atoms with Crippen LogP contribution in [0, 0.1) is 20.8 Å². The van der Waals surface area contributed by atoms with E-state index in [0.717, 1.165) is 38.8 Å². The van der Waals surface area contributed by atoms with Gasteiger partial charge in [0.05, 0.1) is 12.8 Å². The van der Waals surface area contributed by atoms with Crippen molar-refractivity contribution in [1.82, 2.24) is 0 Å². The molecule has 4 rings (SSSR count). The van der Waals surface area contributed by atoms with Gasteiger partial charge in [-0.05, 0) is 51.0 Å². The third-order valence-electron chi connectivity index (χ3n) is 5.39. The number of furan rings is 1. The van der Waals surface area contributed by atoms with Gasteiger partial charge in [0.15, 0.2) is 0 Å². The molecule has 0 aliphatic heterocycles. The molecule has 4 aromatic rings. The predicted octanol–water partition coefficient (Wildman–Crippen LogP) is 5.96. The Morgan fingerprint density at radius 3 is 2.37 bits per heavy atom. The van der Waals surface area contributed by atoms with Crippen molar-refractivity contribution in [2.24, 2.45) is 0 Å². The van der Waals surface area contributed by atoms with Crippen LogP contribution >= 0.6 is 0 Å². The number of fused-ring (bicyclic) bond motifs is 3. The molecule has 1 aromatic heterocycles. The third kappa shape index (κ3) is 3.59. The smallest absolute Gasteiger partial charge is 0.246 e. The number of hydrogen-bond donors (Lipinski definition) is 2. The van der Waals surface area contributed by atoms with Crippen LogP contribution in [0.1, 0.15) is 23.6 Å². The maximum Gasteiger partial charge on any atom is 0.246 e. The Morgan fingerprint density at radius 2 is 1.67 bits per heavy atom. The number of hydrogen-bond acceptors (Lipinski definition) is 4. The Bertz CT molecular complexity index is 1230. The fraction of sp³-hybridized carbons (Fsp3) is 0.240. The maximum atomic E-state index is 12.9. The fourth-order valence-electron chi connectivity index (χ4n) is 3.94. The number of amides is 1. The summed E-state index contributed by atoms with van der Waals surface area (Å²) in [5, 5.41) is 8.35. The number of methoxy groups -OCH3 is 1. The van der Waals surface area contributed by atoms with Gasteiger partial charge in [0.2, 0.25) is 5.91 Å². The van der Waals surface area contributed by atoms with Crippen LogP contribution in [0.3, 0.4) is 0 Å². The molecule has 2 N–H and O–H groups in total. The molecule has 154 valence electrons. The summed E-state index contributed by atoms with van der Waals surface area (Å²) in [7, 11) is 1.62. The van der Waals surface area contributed by atoms with Gasteiger partial charge in [-0.2, -0.15) is 0 Å². The second kappa shape index (κ2) is 7.75. The molecule has 1 atom stereocenters. The molecule has 0 saturated carbocycles. The first-order valence-corrected chi connectivity index (χ1v) is 10.0. The van der Waals surface area contributed by atoms with Gasteiger partial charge in [-0.3, -0.25) is 4.79 Å². The number of nitrogens with one attached hydrogen (secondary N) is 2. The molecule has 0 aliphatic rings.